The second kappa shape index (κ2) is 6.42. The van der Waals surface area contributed by atoms with Crippen molar-refractivity contribution in [3.05, 3.63) is 23.8 Å². The molecule has 118 valence electrons. The quantitative estimate of drug-likeness (QED) is 0.605. The van der Waals surface area contributed by atoms with Gasteiger partial charge in [0.1, 0.15) is 11.5 Å². The molecule has 0 amide bonds. The Kier molecular flexibility index (Phi) is 5.32. The minimum absolute atomic E-state index is 0.257. The summed E-state index contributed by atoms with van der Waals surface area (Å²) in [5.74, 6) is -2.92. The summed E-state index contributed by atoms with van der Waals surface area (Å²) < 4.78 is 79.8. The summed E-state index contributed by atoms with van der Waals surface area (Å²) >= 11 is 5.22. The van der Waals surface area contributed by atoms with E-state index in [9.17, 15) is 31.1 Å². The van der Waals surface area contributed by atoms with Gasteiger partial charge in [-0.2, -0.15) is 0 Å². The smallest absolute Gasteiger partial charge is 0.406 e. The first-order chi connectivity index (χ1) is 9.50. The van der Waals surface area contributed by atoms with Crippen LogP contribution >= 0.6 is 11.6 Å². The number of hydrogen-bond acceptors (Lipinski definition) is 3. The van der Waals surface area contributed by atoms with Crippen molar-refractivity contribution in [2.45, 2.75) is 19.1 Å². The predicted octanol–water partition coefficient (Wildman–Crippen LogP) is 3.83. The molecular weight excluding hydrogens is 330 g/mol. The van der Waals surface area contributed by atoms with Gasteiger partial charge in [0, 0.05) is 18.1 Å². The maximum Gasteiger partial charge on any atom is 0.573 e. The first-order valence-electron chi connectivity index (χ1n) is 5.22. The summed E-state index contributed by atoms with van der Waals surface area (Å²) in [6.07, 6.45) is -10.7. The first-order valence-corrected chi connectivity index (χ1v) is 5.75. The monoisotopic (exact) mass is 336 g/mol. The molecule has 0 aliphatic carbocycles. The Morgan fingerprint density at radius 1 is 1.05 bits per heavy atom. The normalized spacial score (nSPS) is 12.1. The summed E-state index contributed by atoms with van der Waals surface area (Å²) in [6.45, 7) is 0. The van der Waals surface area contributed by atoms with Crippen LogP contribution in [0.3, 0.4) is 0 Å². The van der Waals surface area contributed by atoms with Crippen molar-refractivity contribution >= 4 is 17.4 Å². The van der Waals surface area contributed by atoms with Crippen LogP contribution in [0.15, 0.2) is 18.2 Å². The van der Waals surface area contributed by atoms with E-state index < -0.39 is 42.3 Å². The first kappa shape index (κ1) is 17.4. The van der Waals surface area contributed by atoms with Crippen LogP contribution < -0.4 is 9.47 Å². The van der Waals surface area contributed by atoms with Gasteiger partial charge >= 0.3 is 12.7 Å². The standard InChI is InChI=1S/C11H7ClF6O3/c12-5-7(19)3-6-1-2-8(20-10(13,14)15)4-9(6)21-11(16,17)18/h1-2,4H,3,5H2. The third kappa shape index (κ3) is 6.56. The molecule has 10 heteroatoms. The molecule has 1 rings (SSSR count). The molecule has 0 aliphatic heterocycles. The van der Waals surface area contributed by atoms with E-state index in [1.165, 1.54) is 0 Å². The van der Waals surface area contributed by atoms with Gasteiger partial charge in [0.15, 0.2) is 5.78 Å². The van der Waals surface area contributed by atoms with Gasteiger partial charge in [-0.1, -0.05) is 6.07 Å². The number of carbonyl (C=O) groups excluding carboxylic acids is 1. The molecule has 0 N–H and O–H groups in total. The van der Waals surface area contributed by atoms with Gasteiger partial charge in [-0.3, -0.25) is 4.79 Å². The number of ketones is 1. The van der Waals surface area contributed by atoms with Gasteiger partial charge < -0.3 is 9.47 Å². The number of ether oxygens (including phenoxy) is 2. The largest absolute Gasteiger partial charge is 0.573 e. The fourth-order valence-electron chi connectivity index (χ4n) is 1.36. The molecule has 0 aromatic heterocycles. The molecule has 0 bridgehead atoms. The van der Waals surface area contributed by atoms with E-state index in [1.807, 2.05) is 0 Å². The molecule has 1 aromatic carbocycles. The average molecular weight is 337 g/mol. The summed E-state index contributed by atoms with van der Waals surface area (Å²) in [6, 6.07) is 2.04. The maximum absolute atomic E-state index is 12.2. The van der Waals surface area contributed by atoms with Crippen molar-refractivity contribution in [3.8, 4) is 11.5 Å². The molecule has 0 heterocycles. The number of alkyl halides is 7. The van der Waals surface area contributed by atoms with Gasteiger partial charge in [-0.15, -0.1) is 37.9 Å². The number of benzene rings is 1. The van der Waals surface area contributed by atoms with Crippen LogP contribution in [-0.4, -0.2) is 24.4 Å². The zero-order chi connectivity index (χ0) is 16.3. The van der Waals surface area contributed by atoms with Crippen LogP contribution in [0, 0.1) is 0 Å². The Balaban J connectivity index is 3.10. The highest BCUT2D eigenvalue weighted by Gasteiger charge is 2.34. The van der Waals surface area contributed by atoms with Gasteiger partial charge in [-0.05, 0) is 6.07 Å². The Labute approximate surface area is 119 Å². The zero-order valence-corrected chi connectivity index (χ0v) is 10.8. The van der Waals surface area contributed by atoms with Gasteiger partial charge in [0.05, 0.1) is 5.88 Å². The molecular formula is C11H7ClF6O3. The minimum atomic E-state index is -5.13. The van der Waals surface area contributed by atoms with E-state index in [1.54, 1.807) is 0 Å². The summed E-state index contributed by atoms with van der Waals surface area (Å²) in [4.78, 5) is 11.1. The highest BCUT2D eigenvalue weighted by Crippen LogP contribution is 2.33. The second-order valence-corrected chi connectivity index (χ2v) is 3.98. The highest BCUT2D eigenvalue weighted by molar-refractivity contribution is 6.27. The van der Waals surface area contributed by atoms with Crippen LogP contribution in [0.25, 0.3) is 0 Å². The van der Waals surface area contributed by atoms with E-state index >= 15 is 0 Å². The molecule has 21 heavy (non-hydrogen) atoms. The predicted molar refractivity (Wildman–Crippen MR) is 59.2 cm³/mol. The lowest BCUT2D eigenvalue weighted by molar-refractivity contribution is -0.276. The molecule has 0 radical (unpaired) electrons. The van der Waals surface area contributed by atoms with Crippen LogP contribution in [0.4, 0.5) is 26.3 Å². The molecule has 1 aromatic rings. The number of Topliss-reactive ketones (excluding diaryl/α,β-unsaturated/α-hetero) is 1. The van der Waals surface area contributed by atoms with Crippen LogP contribution in [0.1, 0.15) is 5.56 Å². The van der Waals surface area contributed by atoms with Crippen molar-refractivity contribution in [2.24, 2.45) is 0 Å². The van der Waals surface area contributed by atoms with Gasteiger partial charge in [0.2, 0.25) is 0 Å². The van der Waals surface area contributed by atoms with E-state index in [0.717, 1.165) is 12.1 Å². The van der Waals surface area contributed by atoms with Crippen LogP contribution in [-0.2, 0) is 11.2 Å². The highest BCUT2D eigenvalue weighted by atomic mass is 35.5. The molecule has 0 unspecified atom stereocenters. The Morgan fingerprint density at radius 3 is 2.10 bits per heavy atom. The molecule has 0 spiro atoms. The minimum Gasteiger partial charge on any atom is -0.406 e. The van der Waals surface area contributed by atoms with Crippen molar-refractivity contribution in [2.75, 3.05) is 5.88 Å². The number of rotatable bonds is 5. The van der Waals surface area contributed by atoms with Crippen molar-refractivity contribution in [3.63, 3.8) is 0 Å². The van der Waals surface area contributed by atoms with Crippen molar-refractivity contribution in [1.29, 1.82) is 0 Å². The van der Waals surface area contributed by atoms with Crippen molar-refractivity contribution in [1.82, 2.24) is 0 Å². The second-order valence-electron chi connectivity index (χ2n) is 3.71. The molecule has 3 nitrogen and oxygen atoms in total. The van der Waals surface area contributed by atoms with Crippen LogP contribution in [0.5, 0.6) is 11.5 Å². The van der Waals surface area contributed by atoms with E-state index in [2.05, 4.69) is 9.47 Å². The molecule has 0 saturated carbocycles. The molecule has 0 atom stereocenters. The summed E-state index contributed by atoms with van der Waals surface area (Å²) in [5, 5.41) is 0. The maximum atomic E-state index is 12.2. The van der Waals surface area contributed by atoms with Gasteiger partial charge in [0.25, 0.3) is 0 Å². The molecule has 0 fully saturated rings. The van der Waals surface area contributed by atoms with E-state index in [4.69, 9.17) is 11.6 Å². The Morgan fingerprint density at radius 2 is 1.62 bits per heavy atom. The van der Waals surface area contributed by atoms with E-state index in [-0.39, 0.29) is 5.56 Å². The third-order valence-electron chi connectivity index (χ3n) is 2.03. The zero-order valence-electron chi connectivity index (χ0n) is 10.0. The molecule has 0 aliphatic rings. The SMILES string of the molecule is O=C(CCl)Cc1ccc(OC(F)(F)F)cc1OC(F)(F)F. The Bertz CT molecular complexity index is 512. The lowest BCUT2D eigenvalue weighted by Crippen LogP contribution is -2.20. The number of hydrogen-bond donors (Lipinski definition) is 0. The lowest BCUT2D eigenvalue weighted by Gasteiger charge is -2.15. The number of halogens is 7. The average Bonchev–Trinajstić information content (AvgIpc) is 2.28. The lowest BCUT2D eigenvalue weighted by atomic mass is 10.1. The van der Waals surface area contributed by atoms with Crippen LogP contribution in [0.2, 0.25) is 0 Å². The third-order valence-corrected chi connectivity index (χ3v) is 2.33. The van der Waals surface area contributed by atoms with Gasteiger partial charge in [-0.25, -0.2) is 0 Å². The number of carbonyl (C=O) groups is 1. The topological polar surface area (TPSA) is 35.5 Å². The van der Waals surface area contributed by atoms with Crippen molar-refractivity contribution < 1.29 is 40.6 Å². The fourth-order valence-corrected chi connectivity index (χ4v) is 1.45. The fraction of sp³-hybridized carbons (Fsp3) is 0.364. The summed E-state index contributed by atoms with van der Waals surface area (Å²) in [7, 11) is 0. The summed E-state index contributed by atoms with van der Waals surface area (Å²) in [5.41, 5.74) is -0.257. The van der Waals surface area contributed by atoms with E-state index in [0.29, 0.717) is 6.07 Å². The molecule has 0 saturated heterocycles. The Hall–Kier alpha value is -1.64.